The summed E-state index contributed by atoms with van der Waals surface area (Å²) < 4.78 is 5.10. The number of hydrogen-bond donors (Lipinski definition) is 1. The first-order valence-corrected chi connectivity index (χ1v) is 12.4. The first-order chi connectivity index (χ1) is 15.2. The van der Waals surface area contributed by atoms with Gasteiger partial charge in [0.15, 0.2) is 0 Å². The van der Waals surface area contributed by atoms with Gasteiger partial charge in [-0.2, -0.15) is 0 Å². The molecule has 2 amide bonds. The van der Waals surface area contributed by atoms with Gasteiger partial charge < -0.3 is 15.0 Å². The van der Waals surface area contributed by atoms with Crippen LogP contribution in [0.3, 0.4) is 0 Å². The van der Waals surface area contributed by atoms with Gasteiger partial charge in [-0.3, -0.25) is 14.5 Å². The molecule has 1 aliphatic rings. The lowest BCUT2D eigenvalue weighted by Crippen LogP contribution is -2.60. The van der Waals surface area contributed by atoms with E-state index in [1.165, 1.54) is 0 Å². The molecule has 0 unspecified atom stereocenters. The quantitative estimate of drug-likeness (QED) is 0.414. The summed E-state index contributed by atoms with van der Waals surface area (Å²) in [6.07, 6.45) is 4.71. The van der Waals surface area contributed by atoms with Gasteiger partial charge in [0.25, 0.3) is 0 Å². The van der Waals surface area contributed by atoms with Gasteiger partial charge in [-0.05, 0) is 58.4 Å². The lowest BCUT2D eigenvalue weighted by atomic mass is 9.84. The number of nitrogens with zero attached hydrogens (tertiary/aromatic N) is 2. The molecule has 0 aromatic rings. The Hall–Kier alpha value is -1.89. The Bertz CT molecular complexity index is 709. The first kappa shape index (κ1) is 29.1. The van der Waals surface area contributed by atoms with Gasteiger partial charge in [-0.25, -0.2) is 4.79 Å². The van der Waals surface area contributed by atoms with Gasteiger partial charge in [0.05, 0.1) is 18.7 Å². The summed E-state index contributed by atoms with van der Waals surface area (Å²) in [6, 6.07) is -0.920. The fraction of sp³-hybridized carbons (Fsp3) is 0.808. The molecule has 190 valence electrons. The van der Waals surface area contributed by atoms with Crippen molar-refractivity contribution < 1.29 is 19.1 Å². The highest BCUT2D eigenvalue weighted by molar-refractivity contribution is 5.91. The molecule has 1 rings (SSSR count). The van der Waals surface area contributed by atoms with E-state index in [0.717, 1.165) is 25.8 Å². The Morgan fingerprint density at radius 3 is 2.24 bits per heavy atom. The largest absolute Gasteiger partial charge is 0.463 e. The van der Waals surface area contributed by atoms with Gasteiger partial charge in [0, 0.05) is 18.7 Å². The van der Waals surface area contributed by atoms with Crippen LogP contribution in [0, 0.1) is 11.3 Å². The normalized spacial score (nSPS) is 19.9. The molecule has 3 atom stereocenters. The lowest BCUT2D eigenvalue weighted by Gasteiger charge is -2.41. The average Bonchev–Trinajstić information content (AvgIpc) is 2.73. The monoisotopic (exact) mass is 465 g/mol. The van der Waals surface area contributed by atoms with Crippen LogP contribution < -0.4 is 5.32 Å². The lowest BCUT2D eigenvalue weighted by molar-refractivity contribution is -0.142. The molecule has 0 aliphatic carbocycles. The van der Waals surface area contributed by atoms with Crippen molar-refractivity contribution in [1.29, 1.82) is 0 Å². The highest BCUT2D eigenvalue weighted by Gasteiger charge is 2.39. The standard InChI is InChI=1S/C26H47N3O4/c1-11-33-25(32)19(6)16-21(17(2)3)28(10)24(31)22(26(7,8)9)27-23(30)20-14-12-13-15-29(20)18(4)5/h16-18,20-22H,11-15H2,1-10H3,(H,27,30)/t20-,21-,22+/m1/s1. The number of likely N-dealkylation sites (tertiary alicyclic amines) is 1. The predicted octanol–water partition coefficient (Wildman–Crippen LogP) is 3.77. The highest BCUT2D eigenvalue weighted by atomic mass is 16.5. The van der Waals surface area contributed by atoms with Crippen LogP contribution in [0.15, 0.2) is 11.6 Å². The Morgan fingerprint density at radius 1 is 1.15 bits per heavy atom. The van der Waals surface area contributed by atoms with Gasteiger partial charge in [0.2, 0.25) is 11.8 Å². The van der Waals surface area contributed by atoms with E-state index in [1.807, 2.05) is 34.6 Å². The van der Waals surface area contributed by atoms with Crippen LogP contribution in [0.1, 0.15) is 81.6 Å². The summed E-state index contributed by atoms with van der Waals surface area (Å²) in [7, 11) is 1.74. The molecule has 0 radical (unpaired) electrons. The number of hydrogen-bond acceptors (Lipinski definition) is 5. The number of piperidine rings is 1. The summed E-state index contributed by atoms with van der Waals surface area (Å²) >= 11 is 0. The third-order valence-electron chi connectivity index (χ3n) is 6.41. The number of likely N-dealkylation sites (N-methyl/N-ethyl adjacent to an activating group) is 1. The van der Waals surface area contributed by atoms with Crippen molar-refractivity contribution in [2.45, 2.75) is 106 Å². The van der Waals surface area contributed by atoms with Crippen LogP contribution in [-0.4, -0.2) is 72.0 Å². The second-order valence-corrected chi connectivity index (χ2v) is 10.9. The molecule has 7 heteroatoms. The second-order valence-electron chi connectivity index (χ2n) is 10.9. The van der Waals surface area contributed by atoms with Crippen LogP contribution in [0.2, 0.25) is 0 Å². The molecule has 33 heavy (non-hydrogen) atoms. The van der Waals surface area contributed by atoms with Gasteiger partial charge in [0.1, 0.15) is 6.04 Å². The molecule has 0 bridgehead atoms. The maximum atomic E-state index is 13.7. The van der Waals surface area contributed by atoms with E-state index in [2.05, 4.69) is 24.1 Å². The Morgan fingerprint density at radius 2 is 1.76 bits per heavy atom. The summed E-state index contributed by atoms with van der Waals surface area (Å²) in [5.41, 5.74) is 0.000989. The van der Waals surface area contributed by atoms with E-state index in [1.54, 1.807) is 31.9 Å². The first-order valence-electron chi connectivity index (χ1n) is 12.4. The van der Waals surface area contributed by atoms with Crippen molar-refractivity contribution in [3.8, 4) is 0 Å². The molecule has 0 aromatic heterocycles. The third kappa shape index (κ3) is 8.13. The van der Waals surface area contributed by atoms with Crippen molar-refractivity contribution in [1.82, 2.24) is 15.1 Å². The van der Waals surface area contributed by atoms with Crippen LogP contribution in [0.4, 0.5) is 0 Å². The molecular weight excluding hydrogens is 418 g/mol. The maximum absolute atomic E-state index is 13.7. The molecule has 1 saturated heterocycles. The van der Waals surface area contributed by atoms with Crippen LogP contribution in [0.25, 0.3) is 0 Å². The Balaban J connectivity index is 3.15. The van der Waals surface area contributed by atoms with Crippen molar-refractivity contribution >= 4 is 17.8 Å². The number of carbonyl (C=O) groups excluding carboxylic acids is 3. The van der Waals surface area contributed by atoms with Gasteiger partial charge in [-0.15, -0.1) is 0 Å². The topological polar surface area (TPSA) is 79.0 Å². The SMILES string of the molecule is CCOC(=O)C(C)=C[C@H](C(C)C)N(C)C(=O)[C@H](NC(=O)[C@H]1CCCCN1C(C)C)C(C)(C)C. The van der Waals surface area contributed by atoms with E-state index in [4.69, 9.17) is 4.74 Å². The maximum Gasteiger partial charge on any atom is 0.333 e. The highest BCUT2D eigenvalue weighted by Crippen LogP contribution is 2.26. The zero-order valence-electron chi connectivity index (χ0n) is 22.5. The number of ether oxygens (including phenoxy) is 1. The molecule has 1 heterocycles. The summed E-state index contributed by atoms with van der Waals surface area (Å²) in [4.78, 5) is 43.1. The van der Waals surface area contributed by atoms with Gasteiger partial charge >= 0.3 is 5.97 Å². The zero-order chi connectivity index (χ0) is 25.5. The number of esters is 1. The van der Waals surface area contributed by atoms with Crippen molar-refractivity contribution in [2.24, 2.45) is 11.3 Å². The minimum atomic E-state index is -0.677. The smallest absolute Gasteiger partial charge is 0.333 e. The van der Waals surface area contributed by atoms with E-state index in [-0.39, 0.29) is 41.8 Å². The molecule has 0 aromatic carbocycles. The molecule has 0 spiro atoms. The number of amides is 2. The average molecular weight is 466 g/mol. The molecule has 1 N–H and O–H groups in total. The molecule has 1 aliphatic heterocycles. The molecule has 0 saturated carbocycles. The van der Waals surface area contributed by atoms with Gasteiger partial charge in [-0.1, -0.05) is 47.1 Å². The van der Waals surface area contributed by atoms with E-state index >= 15 is 0 Å². The van der Waals surface area contributed by atoms with Crippen LogP contribution in [-0.2, 0) is 19.1 Å². The Kier molecular flexibility index (Phi) is 11.1. The van der Waals surface area contributed by atoms with E-state index < -0.39 is 11.5 Å². The predicted molar refractivity (Wildman–Crippen MR) is 133 cm³/mol. The van der Waals surface area contributed by atoms with Crippen molar-refractivity contribution in [3.05, 3.63) is 11.6 Å². The molecular formula is C26H47N3O4. The number of nitrogens with one attached hydrogen (secondary N) is 1. The molecule has 7 nitrogen and oxygen atoms in total. The third-order valence-corrected chi connectivity index (χ3v) is 6.41. The number of rotatable bonds is 9. The van der Waals surface area contributed by atoms with E-state index in [0.29, 0.717) is 12.2 Å². The fourth-order valence-electron chi connectivity index (χ4n) is 4.41. The Labute approximate surface area is 201 Å². The fourth-order valence-corrected chi connectivity index (χ4v) is 4.41. The zero-order valence-corrected chi connectivity index (χ0v) is 22.5. The second kappa shape index (κ2) is 12.5. The minimum absolute atomic E-state index is 0.0782. The summed E-state index contributed by atoms with van der Waals surface area (Å²) in [6.45, 7) is 18.8. The van der Waals surface area contributed by atoms with Crippen molar-refractivity contribution in [2.75, 3.05) is 20.2 Å². The van der Waals surface area contributed by atoms with Crippen LogP contribution in [0.5, 0.6) is 0 Å². The minimum Gasteiger partial charge on any atom is -0.463 e. The number of carbonyl (C=O) groups is 3. The van der Waals surface area contributed by atoms with E-state index in [9.17, 15) is 14.4 Å². The van der Waals surface area contributed by atoms with Crippen LogP contribution >= 0.6 is 0 Å². The van der Waals surface area contributed by atoms with Crippen molar-refractivity contribution in [3.63, 3.8) is 0 Å². The molecule has 1 fully saturated rings. The summed E-state index contributed by atoms with van der Waals surface area (Å²) in [5.74, 6) is -0.538. The summed E-state index contributed by atoms with van der Waals surface area (Å²) in [5, 5.41) is 3.10.